The number of pyridine rings is 1. The van der Waals surface area contributed by atoms with Crippen LogP contribution in [0.15, 0.2) is 48.8 Å². The highest BCUT2D eigenvalue weighted by atomic mass is 16.4. The van der Waals surface area contributed by atoms with E-state index in [-0.39, 0.29) is 18.5 Å². The number of benzene rings is 1. The molecule has 2 aromatic rings. The van der Waals surface area contributed by atoms with E-state index in [0.717, 1.165) is 10.8 Å². The molecule has 0 saturated carbocycles. The van der Waals surface area contributed by atoms with Crippen LogP contribution in [0.1, 0.15) is 23.3 Å². The molecule has 6 nitrogen and oxygen atoms in total. The van der Waals surface area contributed by atoms with E-state index in [1.165, 1.54) is 0 Å². The minimum Gasteiger partial charge on any atom is -0.481 e. The van der Waals surface area contributed by atoms with Gasteiger partial charge in [0.1, 0.15) is 5.69 Å². The molecule has 0 radical (unpaired) electrons. The van der Waals surface area contributed by atoms with Crippen LogP contribution in [-0.2, 0) is 4.79 Å². The molecule has 0 fully saturated rings. The number of hydrogen-bond donors (Lipinski definition) is 3. The summed E-state index contributed by atoms with van der Waals surface area (Å²) in [6, 6.07) is 9.28. The summed E-state index contributed by atoms with van der Waals surface area (Å²) >= 11 is 0. The van der Waals surface area contributed by atoms with Gasteiger partial charge in [-0.05, 0) is 17.9 Å². The molecule has 0 aliphatic rings. The summed E-state index contributed by atoms with van der Waals surface area (Å²) in [7, 11) is 0. The zero-order chi connectivity index (χ0) is 15.2. The molecule has 6 heteroatoms. The van der Waals surface area contributed by atoms with E-state index in [2.05, 4.69) is 22.4 Å². The van der Waals surface area contributed by atoms with Crippen molar-refractivity contribution in [2.24, 2.45) is 0 Å². The minimum absolute atomic E-state index is 0.0457. The largest absolute Gasteiger partial charge is 0.481 e. The van der Waals surface area contributed by atoms with E-state index in [1.807, 2.05) is 24.3 Å². The number of hydrogen-bond acceptors (Lipinski definition) is 4. The lowest BCUT2D eigenvalue weighted by Crippen LogP contribution is -2.37. The van der Waals surface area contributed by atoms with Crippen LogP contribution in [0.25, 0.3) is 10.8 Å². The predicted molar refractivity (Wildman–Crippen MR) is 78.4 cm³/mol. The first-order valence-corrected chi connectivity index (χ1v) is 6.37. The maximum absolute atomic E-state index is 11.9. The molecule has 0 aliphatic carbocycles. The number of aromatic nitrogens is 1. The Hall–Kier alpha value is -2.89. The molecule has 1 aromatic heterocycles. The molecule has 1 heterocycles. The van der Waals surface area contributed by atoms with E-state index < -0.39 is 11.9 Å². The molecule has 108 valence electrons. The number of carbonyl (C=O) groups is 2. The molecule has 21 heavy (non-hydrogen) atoms. The number of rotatable bonds is 6. The Balaban J connectivity index is 1.95. The number of carboxylic acids is 1. The Morgan fingerprint density at radius 3 is 2.57 bits per heavy atom. The number of hydrazine groups is 1. The first-order chi connectivity index (χ1) is 10.1. The van der Waals surface area contributed by atoms with E-state index in [0.29, 0.717) is 5.70 Å². The van der Waals surface area contributed by atoms with Crippen LogP contribution in [-0.4, -0.2) is 22.0 Å². The second-order valence-electron chi connectivity index (χ2n) is 4.49. The highest BCUT2D eigenvalue weighted by molar-refractivity contribution is 5.96. The summed E-state index contributed by atoms with van der Waals surface area (Å²) < 4.78 is 0. The lowest BCUT2D eigenvalue weighted by molar-refractivity contribution is -0.136. The maximum Gasteiger partial charge on any atom is 0.303 e. The van der Waals surface area contributed by atoms with Crippen molar-refractivity contribution in [1.82, 2.24) is 15.8 Å². The van der Waals surface area contributed by atoms with Gasteiger partial charge in [0.25, 0.3) is 5.91 Å². The first kappa shape index (κ1) is 14.5. The van der Waals surface area contributed by atoms with Crippen LogP contribution < -0.4 is 10.9 Å². The number of carboxylic acid groups (broad SMARTS) is 1. The third kappa shape index (κ3) is 4.04. The van der Waals surface area contributed by atoms with Gasteiger partial charge in [-0.3, -0.25) is 20.0 Å². The quantitative estimate of drug-likeness (QED) is 0.704. The first-order valence-electron chi connectivity index (χ1n) is 6.37. The van der Waals surface area contributed by atoms with Crippen molar-refractivity contribution in [3.05, 3.63) is 54.5 Å². The van der Waals surface area contributed by atoms with Gasteiger partial charge in [0.05, 0.1) is 6.42 Å². The molecular weight excluding hydrogens is 270 g/mol. The topological polar surface area (TPSA) is 91.3 Å². The molecule has 0 aliphatic heterocycles. The van der Waals surface area contributed by atoms with Gasteiger partial charge >= 0.3 is 5.97 Å². The Kier molecular flexibility index (Phi) is 4.50. The van der Waals surface area contributed by atoms with Crippen LogP contribution in [0.5, 0.6) is 0 Å². The number of aliphatic carboxylic acids is 1. The third-order valence-electron chi connectivity index (χ3n) is 2.86. The fourth-order valence-corrected chi connectivity index (χ4v) is 1.74. The molecule has 0 unspecified atom stereocenters. The van der Waals surface area contributed by atoms with Gasteiger partial charge < -0.3 is 10.5 Å². The van der Waals surface area contributed by atoms with Crippen LogP contribution in [0.2, 0.25) is 0 Å². The SMILES string of the molecule is C=C(CCC(=O)O)NNC(=O)c1cc2ccccc2cn1. The van der Waals surface area contributed by atoms with Gasteiger partial charge in [0.15, 0.2) is 0 Å². The molecule has 0 spiro atoms. The zero-order valence-corrected chi connectivity index (χ0v) is 11.3. The highest BCUT2D eigenvalue weighted by Crippen LogP contribution is 2.13. The van der Waals surface area contributed by atoms with E-state index in [1.54, 1.807) is 12.3 Å². The lowest BCUT2D eigenvalue weighted by Gasteiger charge is -2.10. The average Bonchev–Trinajstić information content (AvgIpc) is 2.50. The van der Waals surface area contributed by atoms with Crippen molar-refractivity contribution in [1.29, 1.82) is 0 Å². The predicted octanol–water partition coefficient (Wildman–Crippen LogP) is 1.85. The average molecular weight is 285 g/mol. The van der Waals surface area contributed by atoms with Gasteiger partial charge in [0.2, 0.25) is 0 Å². The van der Waals surface area contributed by atoms with E-state index >= 15 is 0 Å². The normalized spacial score (nSPS) is 10.1. The van der Waals surface area contributed by atoms with Crippen molar-refractivity contribution in [2.45, 2.75) is 12.8 Å². The van der Waals surface area contributed by atoms with Gasteiger partial charge in [-0.15, -0.1) is 0 Å². The maximum atomic E-state index is 11.9. The minimum atomic E-state index is -0.916. The summed E-state index contributed by atoms with van der Waals surface area (Å²) in [5.41, 5.74) is 5.72. The number of fused-ring (bicyclic) bond motifs is 1. The zero-order valence-electron chi connectivity index (χ0n) is 11.3. The van der Waals surface area contributed by atoms with Crippen LogP contribution in [0, 0.1) is 0 Å². The van der Waals surface area contributed by atoms with Crippen molar-refractivity contribution in [3.8, 4) is 0 Å². The fraction of sp³-hybridized carbons (Fsp3) is 0.133. The number of nitrogens with zero attached hydrogens (tertiary/aromatic N) is 1. The molecular formula is C15H15N3O3. The van der Waals surface area contributed by atoms with Crippen LogP contribution in [0.4, 0.5) is 0 Å². The van der Waals surface area contributed by atoms with Crippen molar-refractivity contribution in [2.75, 3.05) is 0 Å². The molecule has 3 N–H and O–H groups in total. The Labute approximate surface area is 121 Å². The Morgan fingerprint density at radius 2 is 1.86 bits per heavy atom. The summed E-state index contributed by atoms with van der Waals surface area (Å²) in [5.74, 6) is -1.32. The van der Waals surface area contributed by atoms with Crippen molar-refractivity contribution in [3.63, 3.8) is 0 Å². The molecule has 0 bridgehead atoms. The third-order valence-corrected chi connectivity index (χ3v) is 2.86. The number of amides is 1. The Morgan fingerprint density at radius 1 is 1.14 bits per heavy atom. The van der Waals surface area contributed by atoms with Crippen molar-refractivity contribution >= 4 is 22.6 Å². The van der Waals surface area contributed by atoms with Gasteiger partial charge in [-0.2, -0.15) is 0 Å². The van der Waals surface area contributed by atoms with Crippen LogP contribution in [0.3, 0.4) is 0 Å². The van der Waals surface area contributed by atoms with Gasteiger partial charge in [-0.1, -0.05) is 30.8 Å². The molecule has 0 saturated heterocycles. The summed E-state index contributed by atoms with van der Waals surface area (Å²) in [4.78, 5) is 26.4. The second-order valence-corrected chi connectivity index (χ2v) is 4.49. The molecule has 0 atom stereocenters. The standard InChI is InChI=1S/C15H15N3O3/c1-10(6-7-14(19)20)17-18-15(21)13-8-11-4-2-3-5-12(11)9-16-13/h2-5,8-9,17H,1,6-7H2,(H,18,21)(H,19,20). The number of carbonyl (C=O) groups excluding carboxylic acids is 1. The second kappa shape index (κ2) is 6.51. The lowest BCUT2D eigenvalue weighted by atomic mass is 10.1. The van der Waals surface area contributed by atoms with Crippen LogP contribution >= 0.6 is 0 Å². The van der Waals surface area contributed by atoms with Gasteiger partial charge in [-0.25, -0.2) is 0 Å². The molecule has 1 amide bonds. The number of nitrogens with one attached hydrogen (secondary N) is 2. The van der Waals surface area contributed by atoms with E-state index in [9.17, 15) is 9.59 Å². The van der Waals surface area contributed by atoms with Gasteiger partial charge in [0, 0.05) is 17.3 Å². The Bertz CT molecular complexity index is 697. The fourth-order valence-electron chi connectivity index (χ4n) is 1.74. The smallest absolute Gasteiger partial charge is 0.303 e. The highest BCUT2D eigenvalue weighted by Gasteiger charge is 2.08. The summed E-state index contributed by atoms with van der Waals surface area (Å²) in [6.07, 6.45) is 1.82. The monoisotopic (exact) mass is 285 g/mol. The molecule has 1 aromatic carbocycles. The number of allylic oxidation sites excluding steroid dienone is 1. The molecule has 2 rings (SSSR count). The van der Waals surface area contributed by atoms with Crippen molar-refractivity contribution < 1.29 is 14.7 Å². The van der Waals surface area contributed by atoms with E-state index in [4.69, 9.17) is 5.11 Å². The summed E-state index contributed by atoms with van der Waals surface area (Å²) in [5, 5.41) is 10.4. The summed E-state index contributed by atoms with van der Waals surface area (Å²) in [6.45, 7) is 3.63.